The van der Waals surface area contributed by atoms with Crippen molar-refractivity contribution in [2.45, 2.75) is 18.7 Å². The molecule has 182 valence electrons. The molecule has 0 bridgehead atoms. The van der Waals surface area contributed by atoms with E-state index in [0.29, 0.717) is 39.3 Å². The quantitative estimate of drug-likeness (QED) is 0.144. The number of ether oxygens (including phenoxy) is 1. The number of thioether (sulfide) groups is 1. The van der Waals surface area contributed by atoms with Crippen molar-refractivity contribution in [2.24, 2.45) is 15.7 Å². The molecule has 0 atom stereocenters. The number of aryl methyl sites for hydroxylation is 1. The molecule has 0 saturated heterocycles. The van der Waals surface area contributed by atoms with Crippen LogP contribution in [0.1, 0.15) is 12.6 Å². The molecule has 0 saturated carbocycles. The number of allylic oxidation sites excluding steroid dienone is 1. The van der Waals surface area contributed by atoms with Gasteiger partial charge in [0, 0.05) is 54.3 Å². The third-order valence-corrected chi connectivity index (χ3v) is 6.07. The molecule has 11 heteroatoms. The number of nitrogens with zero attached hydrogens (tertiary/aromatic N) is 4. The summed E-state index contributed by atoms with van der Waals surface area (Å²) in [6, 6.07) is 5.23. The molecular formula is C23H29ClFN7OS. The molecule has 0 spiro atoms. The highest BCUT2D eigenvalue weighted by atomic mass is 35.5. The maximum atomic E-state index is 15.0. The predicted molar refractivity (Wildman–Crippen MR) is 142 cm³/mol. The molecule has 2 aromatic rings. The lowest BCUT2D eigenvalue weighted by molar-refractivity contribution is 0.298. The molecule has 0 aliphatic heterocycles. The fraction of sp³-hybridized carbons (Fsp3) is 0.261. The van der Waals surface area contributed by atoms with Crippen LogP contribution in [0.15, 0.2) is 68.6 Å². The summed E-state index contributed by atoms with van der Waals surface area (Å²) in [5, 5.41) is 10.3. The van der Waals surface area contributed by atoms with Crippen molar-refractivity contribution in [1.82, 2.24) is 10.2 Å². The van der Waals surface area contributed by atoms with E-state index in [9.17, 15) is 4.39 Å². The Morgan fingerprint density at radius 3 is 2.68 bits per heavy atom. The van der Waals surface area contributed by atoms with E-state index in [-0.39, 0.29) is 10.7 Å². The average Bonchev–Trinajstić information content (AvgIpc) is 3.23. The van der Waals surface area contributed by atoms with E-state index in [0.717, 1.165) is 5.69 Å². The monoisotopic (exact) mass is 505 g/mol. The van der Waals surface area contributed by atoms with Crippen LogP contribution in [0.25, 0.3) is 0 Å². The Bertz CT molecular complexity index is 1170. The number of nitrogens with two attached hydrogens (primary N) is 1. The number of aromatic nitrogens is 2. The Morgan fingerprint density at radius 2 is 2.15 bits per heavy atom. The van der Waals surface area contributed by atoms with Crippen molar-refractivity contribution >= 4 is 46.9 Å². The maximum Gasteiger partial charge on any atom is 0.176 e. The zero-order chi connectivity index (χ0) is 25.4. The molecule has 4 N–H and O–H groups in total. The molecular weight excluding hydrogens is 477 g/mol. The molecule has 34 heavy (non-hydrogen) atoms. The zero-order valence-corrected chi connectivity index (χ0v) is 21.6. The molecule has 0 unspecified atom stereocenters. The molecule has 1 heterocycles. The number of halogens is 2. The van der Waals surface area contributed by atoms with Crippen molar-refractivity contribution in [3.8, 4) is 0 Å². The first-order valence-electron chi connectivity index (χ1n) is 10.1. The van der Waals surface area contributed by atoms with Crippen molar-refractivity contribution in [2.75, 3.05) is 37.7 Å². The van der Waals surface area contributed by atoms with E-state index in [2.05, 4.69) is 32.1 Å². The minimum Gasteiger partial charge on any atom is -0.492 e. The fourth-order valence-electron chi connectivity index (χ4n) is 2.94. The van der Waals surface area contributed by atoms with E-state index >= 15 is 0 Å². The van der Waals surface area contributed by atoms with Gasteiger partial charge in [-0.1, -0.05) is 18.2 Å². The highest BCUT2D eigenvalue weighted by molar-refractivity contribution is 7.98. The van der Waals surface area contributed by atoms with E-state index < -0.39 is 5.82 Å². The standard InChI is InChI=1S/C23H29ClFN7OS/c1-13-10-19(31-30-13)29-23(22(33-6)14(2)16(11-26)12-27-4)28-15(3)32(5)17-8-9-18(34-7)20(24)21(17)25/h8-12H,2,26H2,1,3-7H3,(H2,29,30,31)/b16-11+,23-22-,27-12?,28-15+. The smallest absolute Gasteiger partial charge is 0.176 e. The van der Waals surface area contributed by atoms with E-state index in [1.165, 1.54) is 25.1 Å². The van der Waals surface area contributed by atoms with Crippen molar-refractivity contribution in [1.29, 1.82) is 0 Å². The number of H-pyrrole nitrogens is 1. The molecule has 1 aromatic carbocycles. The van der Waals surface area contributed by atoms with Crippen LogP contribution >= 0.6 is 23.4 Å². The predicted octanol–water partition coefficient (Wildman–Crippen LogP) is 5.11. The van der Waals surface area contributed by atoms with Gasteiger partial charge in [0.15, 0.2) is 23.2 Å². The highest BCUT2D eigenvalue weighted by Crippen LogP contribution is 2.33. The Hall–Kier alpha value is -3.24. The second-order valence-corrected chi connectivity index (χ2v) is 8.29. The first-order chi connectivity index (χ1) is 16.2. The largest absolute Gasteiger partial charge is 0.492 e. The Balaban J connectivity index is 2.61. The molecule has 0 aliphatic rings. The van der Waals surface area contributed by atoms with Gasteiger partial charge in [-0.3, -0.25) is 10.1 Å². The second-order valence-electron chi connectivity index (χ2n) is 7.06. The molecule has 8 nitrogen and oxygen atoms in total. The maximum absolute atomic E-state index is 15.0. The lowest BCUT2D eigenvalue weighted by Gasteiger charge is -2.22. The topological polar surface area (TPSA) is 104 Å². The van der Waals surface area contributed by atoms with Gasteiger partial charge in [0.05, 0.1) is 17.8 Å². The van der Waals surface area contributed by atoms with Gasteiger partial charge in [-0.05, 0) is 32.2 Å². The van der Waals surface area contributed by atoms with Crippen LogP contribution in [0.3, 0.4) is 0 Å². The third-order valence-electron chi connectivity index (χ3n) is 4.81. The first kappa shape index (κ1) is 27.0. The Labute approximate surface area is 208 Å². The SMILES string of the molecule is C=C(/C(C=NC)=C/N)/C(OC)=C(\N=C(/C)N(C)c1ccc(SC)c(Cl)c1F)Nc1cc(C)[nH]n1. The number of aliphatic imine (C=N–C) groups is 2. The molecule has 0 radical (unpaired) electrons. The van der Waals surface area contributed by atoms with Crippen molar-refractivity contribution in [3.63, 3.8) is 0 Å². The summed E-state index contributed by atoms with van der Waals surface area (Å²) in [6.07, 6.45) is 4.77. The summed E-state index contributed by atoms with van der Waals surface area (Å²) in [5.41, 5.74) is 7.88. The van der Waals surface area contributed by atoms with Crippen LogP contribution in [0.4, 0.5) is 15.9 Å². The number of rotatable bonds is 9. The van der Waals surface area contributed by atoms with Gasteiger partial charge >= 0.3 is 0 Å². The number of hydrogen-bond donors (Lipinski definition) is 3. The van der Waals surface area contributed by atoms with Crippen LogP contribution in [-0.2, 0) is 4.74 Å². The fourth-order valence-corrected chi connectivity index (χ4v) is 3.81. The van der Waals surface area contributed by atoms with Crippen molar-refractivity contribution in [3.05, 3.63) is 70.2 Å². The number of hydrogen-bond acceptors (Lipinski definition) is 7. The van der Waals surface area contributed by atoms with Crippen LogP contribution in [-0.4, -0.2) is 49.7 Å². The minimum atomic E-state index is -0.532. The van der Waals surface area contributed by atoms with Crippen LogP contribution in [0.5, 0.6) is 0 Å². The number of nitrogens with one attached hydrogen (secondary N) is 2. The van der Waals surface area contributed by atoms with Gasteiger partial charge in [-0.15, -0.1) is 11.8 Å². The average molecular weight is 506 g/mol. The van der Waals surface area contributed by atoms with Gasteiger partial charge in [0.2, 0.25) is 0 Å². The summed E-state index contributed by atoms with van der Waals surface area (Å²) in [6.45, 7) is 7.69. The van der Waals surface area contributed by atoms with Gasteiger partial charge < -0.3 is 20.7 Å². The summed E-state index contributed by atoms with van der Waals surface area (Å²) in [4.78, 5) is 10.9. The van der Waals surface area contributed by atoms with Gasteiger partial charge in [-0.2, -0.15) is 5.10 Å². The highest BCUT2D eigenvalue weighted by Gasteiger charge is 2.19. The number of aromatic amines is 1. The summed E-state index contributed by atoms with van der Waals surface area (Å²) >= 11 is 7.57. The molecule has 0 fully saturated rings. The molecule has 2 rings (SSSR count). The van der Waals surface area contributed by atoms with Crippen LogP contribution in [0.2, 0.25) is 5.02 Å². The van der Waals surface area contributed by atoms with E-state index in [4.69, 9.17) is 22.1 Å². The van der Waals surface area contributed by atoms with Gasteiger partial charge in [-0.25, -0.2) is 9.38 Å². The lowest BCUT2D eigenvalue weighted by Crippen LogP contribution is -2.25. The third kappa shape index (κ3) is 6.21. The number of anilines is 2. The second kappa shape index (κ2) is 12.3. The van der Waals surface area contributed by atoms with Crippen LogP contribution in [0, 0.1) is 12.7 Å². The molecule has 0 amide bonds. The van der Waals surface area contributed by atoms with Crippen LogP contribution < -0.4 is 16.0 Å². The van der Waals surface area contributed by atoms with E-state index in [1.54, 1.807) is 50.3 Å². The molecule has 0 aliphatic carbocycles. The summed E-state index contributed by atoms with van der Waals surface area (Å²) in [5.74, 6) is 1.03. The molecule has 1 aromatic heterocycles. The zero-order valence-electron chi connectivity index (χ0n) is 20.0. The number of amidine groups is 1. The summed E-state index contributed by atoms with van der Waals surface area (Å²) in [7, 11) is 4.81. The van der Waals surface area contributed by atoms with Gasteiger partial charge in [0.25, 0.3) is 0 Å². The number of benzene rings is 1. The minimum absolute atomic E-state index is 0.0630. The first-order valence-corrected chi connectivity index (χ1v) is 11.7. The Morgan fingerprint density at radius 1 is 1.44 bits per heavy atom. The summed E-state index contributed by atoms with van der Waals surface area (Å²) < 4.78 is 20.6. The van der Waals surface area contributed by atoms with Gasteiger partial charge in [0.1, 0.15) is 5.84 Å². The number of methoxy groups -OCH3 is 1. The van der Waals surface area contributed by atoms with Crippen molar-refractivity contribution < 1.29 is 9.13 Å². The lowest BCUT2D eigenvalue weighted by atomic mass is 10.1. The van der Waals surface area contributed by atoms with E-state index in [1.807, 2.05) is 13.2 Å². The normalized spacial score (nSPS) is 13.2. The Kier molecular flexibility index (Phi) is 9.76.